The maximum Gasteiger partial charge on any atom is 0.303 e. The summed E-state index contributed by atoms with van der Waals surface area (Å²) in [6, 6.07) is 11.6. The molecule has 0 bridgehead atoms. The standard InChI is InChI=1S/C14H17NO2/c1-4-14(3,10-15)13(17-11(2)16)12-8-6-5-7-9-12/h5-9,13H,4H2,1-3H3. The van der Waals surface area contributed by atoms with Crippen LogP contribution in [0.1, 0.15) is 38.9 Å². The van der Waals surface area contributed by atoms with Crippen molar-refractivity contribution in [3.8, 4) is 6.07 Å². The van der Waals surface area contributed by atoms with Gasteiger partial charge in [-0.1, -0.05) is 37.3 Å². The molecule has 0 aromatic heterocycles. The van der Waals surface area contributed by atoms with Crippen molar-refractivity contribution in [3.05, 3.63) is 35.9 Å². The van der Waals surface area contributed by atoms with E-state index >= 15 is 0 Å². The van der Waals surface area contributed by atoms with Gasteiger partial charge >= 0.3 is 5.97 Å². The Bertz CT molecular complexity index is 422. The molecule has 2 atom stereocenters. The summed E-state index contributed by atoms with van der Waals surface area (Å²) >= 11 is 0. The summed E-state index contributed by atoms with van der Waals surface area (Å²) < 4.78 is 5.32. The SMILES string of the molecule is CCC(C)(C#N)C(OC(C)=O)c1ccccc1. The third-order valence-corrected chi connectivity index (χ3v) is 2.95. The quantitative estimate of drug-likeness (QED) is 0.747. The van der Waals surface area contributed by atoms with Crippen LogP contribution in [0.3, 0.4) is 0 Å². The minimum absolute atomic E-state index is 0.367. The van der Waals surface area contributed by atoms with E-state index in [1.54, 1.807) is 0 Å². The van der Waals surface area contributed by atoms with E-state index < -0.39 is 11.5 Å². The molecular formula is C14H17NO2. The van der Waals surface area contributed by atoms with Crippen LogP contribution in [0.4, 0.5) is 0 Å². The zero-order chi connectivity index (χ0) is 12.9. The summed E-state index contributed by atoms with van der Waals surface area (Å²) in [5.74, 6) is -0.367. The van der Waals surface area contributed by atoms with E-state index in [0.29, 0.717) is 6.42 Å². The largest absolute Gasteiger partial charge is 0.456 e. The van der Waals surface area contributed by atoms with E-state index in [9.17, 15) is 10.1 Å². The van der Waals surface area contributed by atoms with Crippen LogP contribution in [-0.4, -0.2) is 5.97 Å². The molecule has 0 aliphatic rings. The lowest BCUT2D eigenvalue weighted by Crippen LogP contribution is -2.27. The molecule has 1 rings (SSSR count). The second-order valence-corrected chi connectivity index (χ2v) is 4.28. The molecule has 3 nitrogen and oxygen atoms in total. The Labute approximate surface area is 102 Å². The third-order valence-electron chi connectivity index (χ3n) is 2.95. The van der Waals surface area contributed by atoms with Gasteiger partial charge in [0.25, 0.3) is 0 Å². The lowest BCUT2D eigenvalue weighted by atomic mass is 9.79. The molecule has 0 N–H and O–H groups in total. The summed E-state index contributed by atoms with van der Waals surface area (Å²) in [5.41, 5.74) is 0.154. The Morgan fingerprint density at radius 1 is 1.47 bits per heavy atom. The molecule has 1 aromatic carbocycles. The minimum Gasteiger partial charge on any atom is -0.456 e. The van der Waals surface area contributed by atoms with Gasteiger partial charge in [0.1, 0.15) is 6.10 Å². The molecule has 1 aromatic rings. The molecule has 0 spiro atoms. The van der Waals surface area contributed by atoms with Crippen molar-refractivity contribution in [2.75, 3.05) is 0 Å². The van der Waals surface area contributed by atoms with Crippen LogP contribution in [0.2, 0.25) is 0 Å². The van der Waals surface area contributed by atoms with Crippen molar-refractivity contribution in [2.45, 2.75) is 33.3 Å². The van der Waals surface area contributed by atoms with Crippen LogP contribution in [0.15, 0.2) is 30.3 Å². The number of carbonyl (C=O) groups excluding carboxylic acids is 1. The lowest BCUT2D eigenvalue weighted by Gasteiger charge is -2.30. The van der Waals surface area contributed by atoms with Crippen molar-refractivity contribution >= 4 is 5.97 Å². The van der Waals surface area contributed by atoms with Gasteiger partial charge < -0.3 is 4.74 Å². The molecule has 17 heavy (non-hydrogen) atoms. The van der Waals surface area contributed by atoms with Gasteiger partial charge in [-0.05, 0) is 18.9 Å². The number of hydrogen-bond acceptors (Lipinski definition) is 3. The first kappa shape index (κ1) is 13.2. The summed E-state index contributed by atoms with van der Waals surface area (Å²) in [6.07, 6.45) is 0.104. The average molecular weight is 231 g/mol. The second-order valence-electron chi connectivity index (χ2n) is 4.28. The molecule has 0 aliphatic heterocycles. The molecule has 2 unspecified atom stereocenters. The van der Waals surface area contributed by atoms with Crippen LogP contribution in [-0.2, 0) is 9.53 Å². The third kappa shape index (κ3) is 3.07. The molecule has 90 valence electrons. The Morgan fingerprint density at radius 3 is 2.47 bits per heavy atom. The molecule has 0 saturated heterocycles. The second kappa shape index (κ2) is 5.49. The Morgan fingerprint density at radius 2 is 2.06 bits per heavy atom. The van der Waals surface area contributed by atoms with E-state index in [1.807, 2.05) is 44.2 Å². The van der Waals surface area contributed by atoms with Gasteiger partial charge in [0.05, 0.1) is 11.5 Å². The lowest BCUT2D eigenvalue weighted by molar-refractivity contribution is -0.151. The fraction of sp³-hybridized carbons (Fsp3) is 0.429. The number of hydrogen-bond donors (Lipinski definition) is 0. The maximum absolute atomic E-state index is 11.2. The van der Waals surface area contributed by atoms with E-state index in [0.717, 1.165) is 5.56 Å². The monoisotopic (exact) mass is 231 g/mol. The number of nitrogens with zero attached hydrogens (tertiary/aromatic N) is 1. The predicted molar refractivity (Wildman–Crippen MR) is 65.0 cm³/mol. The van der Waals surface area contributed by atoms with Gasteiger partial charge in [0.15, 0.2) is 0 Å². The van der Waals surface area contributed by atoms with E-state index in [1.165, 1.54) is 6.92 Å². The highest BCUT2D eigenvalue weighted by atomic mass is 16.5. The maximum atomic E-state index is 11.2. The van der Waals surface area contributed by atoms with E-state index in [2.05, 4.69) is 6.07 Å². The van der Waals surface area contributed by atoms with Gasteiger partial charge in [0.2, 0.25) is 0 Å². The van der Waals surface area contributed by atoms with Crippen molar-refractivity contribution in [3.63, 3.8) is 0 Å². The van der Waals surface area contributed by atoms with Gasteiger partial charge in [-0.3, -0.25) is 4.79 Å². The number of nitriles is 1. The zero-order valence-electron chi connectivity index (χ0n) is 10.4. The van der Waals surface area contributed by atoms with Crippen LogP contribution in [0.5, 0.6) is 0 Å². The van der Waals surface area contributed by atoms with Crippen LogP contribution in [0, 0.1) is 16.7 Å². The van der Waals surface area contributed by atoms with Gasteiger partial charge in [0, 0.05) is 6.92 Å². The molecule has 0 heterocycles. The number of benzene rings is 1. The average Bonchev–Trinajstić information content (AvgIpc) is 2.36. The highest BCUT2D eigenvalue weighted by Gasteiger charge is 2.36. The fourth-order valence-corrected chi connectivity index (χ4v) is 1.68. The number of esters is 1. The molecule has 0 amide bonds. The van der Waals surface area contributed by atoms with Crippen molar-refractivity contribution in [1.82, 2.24) is 0 Å². The highest BCUT2D eigenvalue weighted by Crippen LogP contribution is 2.39. The Kier molecular flexibility index (Phi) is 4.28. The molecule has 0 aliphatic carbocycles. The van der Waals surface area contributed by atoms with Gasteiger partial charge in [-0.2, -0.15) is 5.26 Å². The van der Waals surface area contributed by atoms with Crippen LogP contribution >= 0.6 is 0 Å². The predicted octanol–water partition coefficient (Wildman–Crippen LogP) is 3.23. The molecule has 0 radical (unpaired) electrons. The molecule has 3 heteroatoms. The number of ether oxygens (including phenoxy) is 1. The minimum atomic E-state index is -0.701. The van der Waals surface area contributed by atoms with Crippen molar-refractivity contribution < 1.29 is 9.53 Å². The number of rotatable bonds is 4. The first-order valence-electron chi connectivity index (χ1n) is 5.67. The Hall–Kier alpha value is -1.82. The fourth-order valence-electron chi connectivity index (χ4n) is 1.68. The first-order chi connectivity index (χ1) is 8.03. The summed E-state index contributed by atoms with van der Waals surface area (Å²) in [6.45, 7) is 5.10. The zero-order valence-corrected chi connectivity index (χ0v) is 10.4. The smallest absolute Gasteiger partial charge is 0.303 e. The first-order valence-corrected chi connectivity index (χ1v) is 5.67. The summed E-state index contributed by atoms with van der Waals surface area (Å²) in [7, 11) is 0. The molecule has 0 saturated carbocycles. The topological polar surface area (TPSA) is 50.1 Å². The van der Waals surface area contributed by atoms with Crippen LogP contribution in [0.25, 0.3) is 0 Å². The molecule has 0 fully saturated rings. The van der Waals surface area contributed by atoms with Gasteiger partial charge in [-0.15, -0.1) is 0 Å². The normalized spacial score (nSPS) is 15.4. The van der Waals surface area contributed by atoms with Crippen LogP contribution < -0.4 is 0 Å². The van der Waals surface area contributed by atoms with Gasteiger partial charge in [-0.25, -0.2) is 0 Å². The van der Waals surface area contributed by atoms with E-state index in [4.69, 9.17) is 4.74 Å². The molecular weight excluding hydrogens is 214 g/mol. The van der Waals surface area contributed by atoms with E-state index in [-0.39, 0.29) is 5.97 Å². The Balaban J connectivity index is 3.13. The summed E-state index contributed by atoms with van der Waals surface area (Å²) in [4.78, 5) is 11.2. The number of carbonyl (C=O) groups is 1. The van der Waals surface area contributed by atoms with Crippen molar-refractivity contribution in [1.29, 1.82) is 5.26 Å². The highest BCUT2D eigenvalue weighted by molar-refractivity contribution is 5.66. The summed E-state index contributed by atoms with van der Waals surface area (Å²) in [5, 5.41) is 9.29. The van der Waals surface area contributed by atoms with Crippen molar-refractivity contribution in [2.24, 2.45) is 5.41 Å².